The van der Waals surface area contributed by atoms with Gasteiger partial charge in [-0.2, -0.15) is 0 Å². The van der Waals surface area contributed by atoms with Crippen LogP contribution in [0.3, 0.4) is 0 Å². The summed E-state index contributed by atoms with van der Waals surface area (Å²) >= 11 is 1.52. The topological polar surface area (TPSA) is 17.1 Å². The average molecular weight is 202 g/mol. The fourth-order valence-electron chi connectivity index (χ4n) is 1.30. The van der Waals surface area contributed by atoms with Crippen molar-refractivity contribution in [2.24, 2.45) is 0 Å². The molecule has 70 valence electrons. The van der Waals surface area contributed by atoms with E-state index in [1.807, 2.05) is 30.3 Å². The fourth-order valence-corrected chi connectivity index (χ4v) is 2.39. The van der Waals surface area contributed by atoms with E-state index in [2.05, 4.69) is 6.58 Å². The van der Waals surface area contributed by atoms with Gasteiger partial charge in [0.25, 0.3) is 0 Å². The first-order valence-corrected chi connectivity index (χ1v) is 5.19. The standard InChI is InChI=1S/C12H10OS/c1-8(2)12(13)11-7-9-5-3-4-6-10(9)14-11/h3-7H,1H2,2H3. The molecule has 2 rings (SSSR count). The molecule has 0 N–H and O–H groups in total. The van der Waals surface area contributed by atoms with Crippen molar-refractivity contribution in [3.8, 4) is 0 Å². The third kappa shape index (κ3) is 1.49. The molecule has 2 heteroatoms. The second kappa shape index (κ2) is 3.39. The van der Waals surface area contributed by atoms with E-state index in [-0.39, 0.29) is 5.78 Å². The summed E-state index contributed by atoms with van der Waals surface area (Å²) in [6.45, 7) is 5.40. The number of fused-ring (bicyclic) bond motifs is 1. The summed E-state index contributed by atoms with van der Waals surface area (Å²) in [4.78, 5) is 12.4. The van der Waals surface area contributed by atoms with E-state index in [9.17, 15) is 4.79 Å². The van der Waals surface area contributed by atoms with Crippen molar-refractivity contribution in [2.75, 3.05) is 0 Å². The van der Waals surface area contributed by atoms with Crippen LogP contribution in [0.5, 0.6) is 0 Å². The van der Waals surface area contributed by atoms with Crippen molar-refractivity contribution in [1.82, 2.24) is 0 Å². The number of ketones is 1. The van der Waals surface area contributed by atoms with Gasteiger partial charge in [0.15, 0.2) is 5.78 Å². The van der Waals surface area contributed by atoms with Crippen molar-refractivity contribution in [3.05, 3.63) is 47.4 Å². The quantitative estimate of drug-likeness (QED) is 0.536. The number of carbonyl (C=O) groups excluding carboxylic acids is 1. The second-order valence-corrected chi connectivity index (χ2v) is 4.34. The molecule has 0 spiro atoms. The lowest BCUT2D eigenvalue weighted by Crippen LogP contribution is -1.94. The molecule has 0 aliphatic heterocycles. The van der Waals surface area contributed by atoms with Crippen LogP contribution in [0.25, 0.3) is 10.1 Å². The van der Waals surface area contributed by atoms with E-state index < -0.39 is 0 Å². The zero-order valence-corrected chi connectivity index (χ0v) is 8.73. The van der Waals surface area contributed by atoms with Crippen LogP contribution in [0.4, 0.5) is 0 Å². The summed E-state index contributed by atoms with van der Waals surface area (Å²) in [7, 11) is 0. The van der Waals surface area contributed by atoms with Crippen molar-refractivity contribution >= 4 is 27.2 Å². The summed E-state index contributed by atoms with van der Waals surface area (Å²) in [5, 5.41) is 1.13. The summed E-state index contributed by atoms with van der Waals surface area (Å²) in [5.41, 5.74) is 0.594. The summed E-state index contributed by atoms with van der Waals surface area (Å²) in [6, 6.07) is 9.92. The smallest absolute Gasteiger partial charge is 0.198 e. The molecule has 0 radical (unpaired) electrons. The Morgan fingerprint density at radius 1 is 1.36 bits per heavy atom. The van der Waals surface area contributed by atoms with E-state index in [4.69, 9.17) is 0 Å². The predicted molar refractivity (Wildman–Crippen MR) is 61.0 cm³/mol. The maximum atomic E-state index is 11.6. The molecule has 0 saturated carbocycles. The van der Waals surface area contributed by atoms with Gasteiger partial charge >= 0.3 is 0 Å². The van der Waals surface area contributed by atoms with Crippen molar-refractivity contribution in [3.63, 3.8) is 0 Å². The molecule has 1 aromatic carbocycles. The van der Waals surface area contributed by atoms with Gasteiger partial charge in [0.05, 0.1) is 4.88 Å². The maximum Gasteiger partial charge on any atom is 0.198 e. The van der Waals surface area contributed by atoms with Crippen molar-refractivity contribution < 1.29 is 4.79 Å². The number of rotatable bonds is 2. The number of carbonyl (C=O) groups is 1. The first-order chi connectivity index (χ1) is 6.68. The van der Waals surface area contributed by atoms with Crippen LogP contribution in [0.1, 0.15) is 16.6 Å². The molecule has 0 bridgehead atoms. The monoisotopic (exact) mass is 202 g/mol. The molecular formula is C12H10OS. The molecule has 1 aromatic heterocycles. The molecule has 1 heterocycles. The molecule has 0 saturated heterocycles. The maximum absolute atomic E-state index is 11.6. The second-order valence-electron chi connectivity index (χ2n) is 3.26. The zero-order chi connectivity index (χ0) is 10.1. The zero-order valence-electron chi connectivity index (χ0n) is 7.91. The molecule has 14 heavy (non-hydrogen) atoms. The molecule has 0 atom stereocenters. The van der Waals surface area contributed by atoms with E-state index in [1.54, 1.807) is 6.92 Å². The van der Waals surface area contributed by atoms with Gasteiger partial charge in [-0.15, -0.1) is 11.3 Å². The first-order valence-electron chi connectivity index (χ1n) is 4.37. The van der Waals surface area contributed by atoms with Crippen LogP contribution < -0.4 is 0 Å². The lowest BCUT2D eigenvalue weighted by atomic mass is 10.2. The van der Waals surface area contributed by atoms with E-state index >= 15 is 0 Å². The Balaban J connectivity index is 2.55. The van der Waals surface area contributed by atoms with Gasteiger partial charge in [-0.1, -0.05) is 24.8 Å². The Morgan fingerprint density at radius 3 is 2.71 bits per heavy atom. The highest BCUT2D eigenvalue weighted by molar-refractivity contribution is 7.21. The fraction of sp³-hybridized carbons (Fsp3) is 0.0833. The highest BCUT2D eigenvalue weighted by atomic mass is 32.1. The first kappa shape index (κ1) is 9.16. The van der Waals surface area contributed by atoms with Gasteiger partial charge in [-0.05, 0) is 30.0 Å². The predicted octanol–water partition coefficient (Wildman–Crippen LogP) is 3.66. The van der Waals surface area contributed by atoms with E-state index in [0.717, 1.165) is 15.0 Å². The Labute approximate surface area is 86.7 Å². The highest BCUT2D eigenvalue weighted by Crippen LogP contribution is 2.26. The van der Waals surface area contributed by atoms with Crippen molar-refractivity contribution in [1.29, 1.82) is 0 Å². The van der Waals surface area contributed by atoms with E-state index in [1.165, 1.54) is 11.3 Å². The number of Topliss-reactive ketones (excluding diaryl/α,β-unsaturated/α-hetero) is 1. The lowest BCUT2D eigenvalue weighted by molar-refractivity contribution is 0.103. The third-order valence-corrected chi connectivity index (χ3v) is 3.15. The molecule has 0 aliphatic rings. The minimum Gasteiger partial charge on any atom is -0.288 e. The third-order valence-electron chi connectivity index (χ3n) is 2.04. The highest BCUT2D eigenvalue weighted by Gasteiger charge is 2.09. The molecule has 0 unspecified atom stereocenters. The molecular weight excluding hydrogens is 192 g/mol. The average Bonchev–Trinajstić information content (AvgIpc) is 2.59. The van der Waals surface area contributed by atoms with Crippen LogP contribution in [-0.2, 0) is 0 Å². The van der Waals surface area contributed by atoms with Gasteiger partial charge in [-0.3, -0.25) is 4.79 Å². The Morgan fingerprint density at radius 2 is 2.07 bits per heavy atom. The Kier molecular flexibility index (Phi) is 2.22. The normalized spacial score (nSPS) is 10.4. The molecule has 0 amide bonds. The molecule has 2 aromatic rings. The number of benzene rings is 1. The van der Waals surface area contributed by atoms with Gasteiger partial charge < -0.3 is 0 Å². The van der Waals surface area contributed by atoms with Crippen LogP contribution >= 0.6 is 11.3 Å². The Bertz CT molecular complexity index is 475. The number of thiophene rings is 1. The number of hydrogen-bond donors (Lipinski definition) is 0. The van der Waals surface area contributed by atoms with Crippen LogP contribution in [0.15, 0.2) is 42.5 Å². The van der Waals surface area contributed by atoms with Crippen LogP contribution in [-0.4, -0.2) is 5.78 Å². The SMILES string of the molecule is C=C(C)C(=O)c1cc2ccccc2s1. The molecule has 0 fully saturated rings. The van der Waals surface area contributed by atoms with E-state index in [0.29, 0.717) is 5.57 Å². The minimum absolute atomic E-state index is 0.0474. The largest absolute Gasteiger partial charge is 0.288 e. The van der Waals surface area contributed by atoms with Crippen molar-refractivity contribution in [2.45, 2.75) is 6.92 Å². The van der Waals surface area contributed by atoms with Gasteiger partial charge in [-0.25, -0.2) is 0 Å². The lowest BCUT2D eigenvalue weighted by Gasteiger charge is -1.91. The van der Waals surface area contributed by atoms with Gasteiger partial charge in [0, 0.05) is 4.70 Å². The van der Waals surface area contributed by atoms with Crippen LogP contribution in [0.2, 0.25) is 0 Å². The summed E-state index contributed by atoms with van der Waals surface area (Å²) in [5.74, 6) is 0.0474. The van der Waals surface area contributed by atoms with Crippen LogP contribution in [0, 0.1) is 0 Å². The van der Waals surface area contributed by atoms with Gasteiger partial charge in [0.1, 0.15) is 0 Å². The summed E-state index contributed by atoms with van der Waals surface area (Å²) in [6.07, 6.45) is 0. The number of allylic oxidation sites excluding steroid dienone is 1. The summed E-state index contributed by atoms with van der Waals surface area (Å²) < 4.78 is 1.15. The minimum atomic E-state index is 0.0474. The Hall–Kier alpha value is -1.41. The molecule has 0 aliphatic carbocycles. The number of hydrogen-bond acceptors (Lipinski definition) is 2. The molecule has 1 nitrogen and oxygen atoms in total. The van der Waals surface area contributed by atoms with Gasteiger partial charge in [0.2, 0.25) is 0 Å².